The average molecular weight is 350 g/mol. The van der Waals surface area contributed by atoms with Gasteiger partial charge in [-0.25, -0.2) is 9.97 Å². The lowest BCUT2D eigenvalue weighted by Crippen LogP contribution is -2.44. The molecular formula is C20H22N4O2. The van der Waals surface area contributed by atoms with Gasteiger partial charge in [-0.1, -0.05) is 12.1 Å². The van der Waals surface area contributed by atoms with E-state index in [1.54, 1.807) is 28.9 Å². The summed E-state index contributed by atoms with van der Waals surface area (Å²) < 4.78 is 1.78. The third-order valence-corrected chi connectivity index (χ3v) is 5.05. The van der Waals surface area contributed by atoms with Crippen LogP contribution in [0.4, 0.5) is 0 Å². The van der Waals surface area contributed by atoms with Crippen LogP contribution in [0.25, 0.3) is 5.78 Å². The predicted molar refractivity (Wildman–Crippen MR) is 98.1 cm³/mol. The number of hydrogen-bond acceptors (Lipinski definition) is 4. The molecule has 1 fully saturated rings. The highest BCUT2D eigenvalue weighted by molar-refractivity contribution is 5.93. The van der Waals surface area contributed by atoms with Crippen LogP contribution < -0.4 is 0 Å². The maximum atomic E-state index is 13.0. The number of aryl methyl sites for hydroxylation is 1. The molecule has 3 heterocycles. The van der Waals surface area contributed by atoms with Crippen LogP contribution in [0.1, 0.15) is 41.7 Å². The van der Waals surface area contributed by atoms with E-state index in [0.29, 0.717) is 11.5 Å². The summed E-state index contributed by atoms with van der Waals surface area (Å²) in [6.45, 7) is 0.778. The molecule has 0 spiro atoms. The van der Waals surface area contributed by atoms with Gasteiger partial charge in [0.15, 0.2) is 0 Å². The number of nitrogens with zero attached hydrogens (tertiary/aromatic N) is 4. The van der Waals surface area contributed by atoms with Crippen molar-refractivity contribution in [1.29, 1.82) is 0 Å². The first-order valence-corrected chi connectivity index (χ1v) is 9.09. The highest BCUT2D eigenvalue weighted by atomic mass is 16.3. The summed E-state index contributed by atoms with van der Waals surface area (Å²) in [6.07, 6.45) is 10.3. The Morgan fingerprint density at radius 2 is 2.08 bits per heavy atom. The van der Waals surface area contributed by atoms with Crippen molar-refractivity contribution in [2.24, 2.45) is 0 Å². The Bertz CT molecular complexity index is 871. The normalized spacial score (nSPS) is 17.5. The van der Waals surface area contributed by atoms with Gasteiger partial charge in [0.2, 0.25) is 5.78 Å². The van der Waals surface area contributed by atoms with Crippen molar-refractivity contribution in [3.05, 3.63) is 60.2 Å². The van der Waals surface area contributed by atoms with Gasteiger partial charge < -0.3 is 10.0 Å². The molecule has 134 valence electrons. The van der Waals surface area contributed by atoms with Gasteiger partial charge in [-0.15, -0.1) is 0 Å². The number of carbonyl (C=O) groups excluding carboxylic acids is 1. The zero-order valence-corrected chi connectivity index (χ0v) is 14.6. The molecule has 4 rings (SSSR count). The molecule has 6 nitrogen and oxygen atoms in total. The van der Waals surface area contributed by atoms with Crippen molar-refractivity contribution in [1.82, 2.24) is 19.3 Å². The van der Waals surface area contributed by atoms with Crippen LogP contribution >= 0.6 is 0 Å². The summed E-state index contributed by atoms with van der Waals surface area (Å²) in [6, 6.07) is 9.36. The summed E-state index contributed by atoms with van der Waals surface area (Å²) in [5.41, 5.74) is 1.64. The molecule has 0 radical (unpaired) electrons. The van der Waals surface area contributed by atoms with Gasteiger partial charge in [0, 0.05) is 31.2 Å². The zero-order chi connectivity index (χ0) is 17.9. The Morgan fingerprint density at radius 1 is 1.23 bits per heavy atom. The third-order valence-electron chi connectivity index (χ3n) is 5.05. The Balaban J connectivity index is 1.49. The molecule has 1 aliphatic heterocycles. The Labute approximate surface area is 152 Å². The minimum atomic E-state index is -0.00842. The van der Waals surface area contributed by atoms with Gasteiger partial charge >= 0.3 is 0 Å². The Morgan fingerprint density at radius 3 is 2.88 bits per heavy atom. The molecular weight excluding hydrogens is 328 g/mol. The highest BCUT2D eigenvalue weighted by Crippen LogP contribution is 2.24. The van der Waals surface area contributed by atoms with Crippen LogP contribution in [0.15, 0.2) is 48.9 Å². The standard InChI is InChI=1S/C20H22N4O2/c25-17-9-6-15(7-10-17)5-8-16-4-1-2-13-24(16)19(26)18-14-23-12-3-11-21-20(23)22-18/h3,6-7,9-12,14,16,25H,1-2,4-5,8,13H2/t16-/m1/s1. The number of fused-ring (bicyclic) bond motifs is 1. The van der Waals surface area contributed by atoms with E-state index in [1.807, 2.05) is 29.3 Å². The number of piperidine rings is 1. The van der Waals surface area contributed by atoms with E-state index < -0.39 is 0 Å². The number of phenols is 1. The number of amides is 1. The molecule has 0 aliphatic carbocycles. The monoisotopic (exact) mass is 350 g/mol. The summed E-state index contributed by atoms with van der Waals surface area (Å²) in [7, 11) is 0. The van der Waals surface area contributed by atoms with Crippen molar-refractivity contribution in [3.63, 3.8) is 0 Å². The molecule has 0 unspecified atom stereocenters. The minimum absolute atomic E-state index is 0.00842. The second kappa shape index (κ2) is 7.15. The SMILES string of the molecule is O=C(c1cn2cccnc2n1)N1CCCC[C@@H]1CCc1ccc(O)cc1. The van der Waals surface area contributed by atoms with Gasteiger partial charge in [-0.3, -0.25) is 9.20 Å². The average Bonchev–Trinajstić information content (AvgIpc) is 3.11. The molecule has 0 bridgehead atoms. The van der Waals surface area contributed by atoms with Crippen LogP contribution in [0.2, 0.25) is 0 Å². The summed E-state index contributed by atoms with van der Waals surface area (Å²) in [4.78, 5) is 23.6. The molecule has 1 atom stereocenters. The number of aromatic nitrogens is 3. The zero-order valence-electron chi connectivity index (χ0n) is 14.6. The van der Waals surface area contributed by atoms with Crippen LogP contribution in [-0.4, -0.2) is 42.9 Å². The fraction of sp³-hybridized carbons (Fsp3) is 0.350. The van der Waals surface area contributed by atoms with Crippen molar-refractivity contribution in [3.8, 4) is 5.75 Å². The minimum Gasteiger partial charge on any atom is -0.508 e. The summed E-state index contributed by atoms with van der Waals surface area (Å²) in [5, 5.41) is 9.41. The van der Waals surface area contributed by atoms with Crippen molar-refractivity contribution in [2.75, 3.05) is 6.54 Å². The second-order valence-corrected chi connectivity index (χ2v) is 6.81. The number of aromatic hydroxyl groups is 1. The maximum Gasteiger partial charge on any atom is 0.274 e. The fourth-order valence-corrected chi connectivity index (χ4v) is 3.64. The van der Waals surface area contributed by atoms with E-state index in [1.165, 1.54) is 5.56 Å². The number of phenolic OH excluding ortho intramolecular Hbond substituents is 1. The molecule has 1 saturated heterocycles. The lowest BCUT2D eigenvalue weighted by Gasteiger charge is -2.35. The van der Waals surface area contributed by atoms with Gasteiger partial charge in [-0.05, 0) is 55.9 Å². The van der Waals surface area contributed by atoms with Crippen LogP contribution in [0.3, 0.4) is 0 Å². The van der Waals surface area contributed by atoms with Crippen LogP contribution in [-0.2, 0) is 6.42 Å². The van der Waals surface area contributed by atoms with Crippen molar-refractivity contribution in [2.45, 2.75) is 38.1 Å². The van der Waals surface area contributed by atoms with E-state index in [0.717, 1.165) is 38.6 Å². The Kier molecular flexibility index (Phi) is 4.56. The molecule has 6 heteroatoms. The number of benzene rings is 1. The lowest BCUT2D eigenvalue weighted by molar-refractivity contribution is 0.0596. The van der Waals surface area contributed by atoms with Gasteiger partial charge in [-0.2, -0.15) is 0 Å². The number of hydrogen-bond donors (Lipinski definition) is 1. The van der Waals surface area contributed by atoms with Gasteiger partial charge in [0.1, 0.15) is 11.4 Å². The highest BCUT2D eigenvalue weighted by Gasteiger charge is 2.28. The lowest BCUT2D eigenvalue weighted by atomic mass is 9.95. The third kappa shape index (κ3) is 3.40. The number of likely N-dealkylation sites (tertiary alicyclic amines) is 1. The topological polar surface area (TPSA) is 70.7 Å². The first-order chi connectivity index (χ1) is 12.7. The molecule has 3 aromatic rings. The largest absolute Gasteiger partial charge is 0.508 e. The molecule has 1 N–H and O–H groups in total. The molecule has 0 saturated carbocycles. The first kappa shape index (κ1) is 16.6. The van der Waals surface area contributed by atoms with Crippen LogP contribution in [0.5, 0.6) is 5.75 Å². The maximum absolute atomic E-state index is 13.0. The van der Waals surface area contributed by atoms with E-state index in [-0.39, 0.29) is 17.7 Å². The van der Waals surface area contributed by atoms with E-state index in [2.05, 4.69) is 9.97 Å². The number of imidazole rings is 1. The molecule has 2 aromatic heterocycles. The van der Waals surface area contributed by atoms with E-state index >= 15 is 0 Å². The molecule has 26 heavy (non-hydrogen) atoms. The Hall–Kier alpha value is -2.89. The van der Waals surface area contributed by atoms with Gasteiger partial charge in [0.25, 0.3) is 5.91 Å². The molecule has 1 aliphatic rings. The quantitative estimate of drug-likeness (QED) is 0.785. The summed E-state index contributed by atoms with van der Waals surface area (Å²) in [5.74, 6) is 0.822. The number of carbonyl (C=O) groups is 1. The van der Waals surface area contributed by atoms with Gasteiger partial charge in [0.05, 0.1) is 0 Å². The van der Waals surface area contributed by atoms with Crippen molar-refractivity contribution >= 4 is 11.7 Å². The van der Waals surface area contributed by atoms with E-state index in [9.17, 15) is 9.90 Å². The second-order valence-electron chi connectivity index (χ2n) is 6.81. The van der Waals surface area contributed by atoms with E-state index in [4.69, 9.17) is 0 Å². The smallest absolute Gasteiger partial charge is 0.274 e. The first-order valence-electron chi connectivity index (χ1n) is 9.09. The van der Waals surface area contributed by atoms with Crippen molar-refractivity contribution < 1.29 is 9.90 Å². The fourth-order valence-electron chi connectivity index (χ4n) is 3.64. The molecule has 1 aromatic carbocycles. The summed E-state index contributed by atoms with van der Waals surface area (Å²) >= 11 is 0. The molecule has 1 amide bonds. The number of rotatable bonds is 4. The van der Waals surface area contributed by atoms with Crippen LogP contribution in [0, 0.1) is 0 Å². The predicted octanol–water partition coefficient (Wildman–Crippen LogP) is 3.06.